The van der Waals surface area contributed by atoms with Crippen LogP contribution in [0.5, 0.6) is 0 Å². The third kappa shape index (κ3) is 5.64. The van der Waals surface area contributed by atoms with Crippen LogP contribution >= 0.6 is 0 Å². The van der Waals surface area contributed by atoms with Crippen LogP contribution in [-0.4, -0.2) is 24.3 Å². The van der Waals surface area contributed by atoms with Crippen LogP contribution < -0.4 is 5.32 Å². The largest absolute Gasteiger partial charge is 0.457 e. The second-order valence-electron chi connectivity index (χ2n) is 7.68. The number of carbonyl (C=O) groups is 3. The molecule has 5 heteroatoms. The van der Waals surface area contributed by atoms with Gasteiger partial charge in [-0.15, -0.1) is 0 Å². The number of benzene rings is 4. The maximum atomic E-state index is 13.0. The van der Waals surface area contributed by atoms with Crippen LogP contribution in [-0.2, 0) is 9.53 Å². The van der Waals surface area contributed by atoms with E-state index < -0.39 is 11.9 Å². The average Bonchev–Trinajstić information content (AvgIpc) is 2.89. The van der Waals surface area contributed by atoms with Crippen LogP contribution in [0.25, 0.3) is 0 Å². The molecule has 0 saturated heterocycles. The van der Waals surface area contributed by atoms with Crippen molar-refractivity contribution >= 4 is 23.3 Å². The summed E-state index contributed by atoms with van der Waals surface area (Å²) in [6, 6.07) is 34.0. The highest BCUT2D eigenvalue weighted by Crippen LogP contribution is 2.26. The molecule has 34 heavy (non-hydrogen) atoms. The zero-order valence-corrected chi connectivity index (χ0v) is 18.4. The third-order valence-corrected chi connectivity index (χ3v) is 5.35. The molecule has 4 rings (SSSR count). The predicted molar refractivity (Wildman–Crippen MR) is 131 cm³/mol. The molecule has 0 saturated carbocycles. The summed E-state index contributed by atoms with van der Waals surface area (Å²) in [7, 11) is 0. The van der Waals surface area contributed by atoms with E-state index in [-0.39, 0.29) is 18.3 Å². The van der Waals surface area contributed by atoms with Gasteiger partial charge in [0.25, 0.3) is 5.91 Å². The molecule has 0 radical (unpaired) electrons. The normalized spacial score (nSPS) is 10.5. The van der Waals surface area contributed by atoms with Gasteiger partial charge in [0.15, 0.2) is 12.4 Å². The zero-order chi connectivity index (χ0) is 23.8. The van der Waals surface area contributed by atoms with Crippen molar-refractivity contribution in [3.8, 4) is 0 Å². The molecule has 1 N–H and O–H groups in total. The zero-order valence-electron chi connectivity index (χ0n) is 18.4. The van der Waals surface area contributed by atoms with Crippen molar-refractivity contribution in [1.29, 1.82) is 0 Å². The first-order valence-corrected chi connectivity index (χ1v) is 10.9. The molecule has 0 heterocycles. The number of ether oxygens (including phenoxy) is 1. The van der Waals surface area contributed by atoms with Crippen molar-refractivity contribution in [1.82, 2.24) is 0 Å². The molecule has 0 spiro atoms. The van der Waals surface area contributed by atoms with E-state index in [2.05, 4.69) is 5.32 Å². The lowest BCUT2D eigenvalue weighted by Crippen LogP contribution is -2.21. The van der Waals surface area contributed by atoms with E-state index in [1.807, 2.05) is 66.7 Å². The van der Waals surface area contributed by atoms with Gasteiger partial charge in [-0.1, -0.05) is 78.9 Å². The smallest absolute Gasteiger partial charge is 0.318 e. The highest BCUT2D eigenvalue weighted by molar-refractivity contribution is 6.04. The SMILES string of the molecule is O=C(COC(=O)C(c1ccccc1)c1ccccc1)c1ccc(NC(=O)c2ccccc2)cc1. The van der Waals surface area contributed by atoms with Gasteiger partial charge in [0.1, 0.15) is 5.92 Å². The summed E-state index contributed by atoms with van der Waals surface area (Å²) >= 11 is 0. The number of nitrogens with one attached hydrogen (secondary N) is 1. The number of Topliss-reactive ketones (excluding diaryl/α,β-unsaturated/α-hetero) is 1. The van der Waals surface area contributed by atoms with Gasteiger partial charge in [-0.05, 0) is 47.5 Å². The lowest BCUT2D eigenvalue weighted by Gasteiger charge is -2.17. The Morgan fingerprint density at radius 2 is 1.12 bits per heavy atom. The summed E-state index contributed by atoms with van der Waals surface area (Å²) in [6.07, 6.45) is 0. The Labute approximate surface area is 198 Å². The Hall–Kier alpha value is -4.51. The molecule has 0 unspecified atom stereocenters. The average molecular weight is 450 g/mol. The molecule has 0 bridgehead atoms. The number of anilines is 1. The van der Waals surface area contributed by atoms with E-state index in [0.29, 0.717) is 16.8 Å². The minimum atomic E-state index is -0.620. The fourth-order valence-electron chi connectivity index (χ4n) is 3.59. The van der Waals surface area contributed by atoms with Gasteiger partial charge in [0, 0.05) is 16.8 Å². The fraction of sp³-hybridized carbons (Fsp3) is 0.0690. The quantitative estimate of drug-likeness (QED) is 0.285. The van der Waals surface area contributed by atoms with Crippen LogP contribution in [0.4, 0.5) is 5.69 Å². The van der Waals surface area contributed by atoms with E-state index in [0.717, 1.165) is 11.1 Å². The molecular formula is C29H23NO4. The number of esters is 1. The highest BCUT2D eigenvalue weighted by Gasteiger charge is 2.25. The molecule has 0 aromatic heterocycles. The van der Waals surface area contributed by atoms with Crippen molar-refractivity contribution in [2.75, 3.05) is 11.9 Å². The molecule has 4 aromatic carbocycles. The van der Waals surface area contributed by atoms with Crippen molar-refractivity contribution in [2.45, 2.75) is 5.92 Å². The number of hydrogen-bond acceptors (Lipinski definition) is 4. The maximum Gasteiger partial charge on any atom is 0.318 e. The minimum absolute atomic E-state index is 0.235. The molecule has 0 fully saturated rings. The number of rotatable bonds is 8. The van der Waals surface area contributed by atoms with Gasteiger partial charge < -0.3 is 10.1 Å². The topological polar surface area (TPSA) is 72.5 Å². The molecule has 0 atom stereocenters. The Morgan fingerprint density at radius 3 is 1.65 bits per heavy atom. The molecule has 5 nitrogen and oxygen atoms in total. The fourth-order valence-corrected chi connectivity index (χ4v) is 3.59. The van der Waals surface area contributed by atoms with Crippen LogP contribution in [0.15, 0.2) is 115 Å². The Balaban J connectivity index is 1.39. The lowest BCUT2D eigenvalue weighted by atomic mass is 9.91. The van der Waals surface area contributed by atoms with Crippen LogP contribution in [0.1, 0.15) is 37.8 Å². The second kappa shape index (κ2) is 10.9. The highest BCUT2D eigenvalue weighted by atomic mass is 16.5. The van der Waals surface area contributed by atoms with Crippen molar-refractivity contribution in [3.63, 3.8) is 0 Å². The Bertz CT molecular complexity index is 1210. The van der Waals surface area contributed by atoms with E-state index in [4.69, 9.17) is 4.74 Å². The monoisotopic (exact) mass is 449 g/mol. The van der Waals surface area contributed by atoms with Crippen molar-refractivity contribution in [2.24, 2.45) is 0 Å². The van der Waals surface area contributed by atoms with E-state index >= 15 is 0 Å². The number of ketones is 1. The summed E-state index contributed by atoms with van der Waals surface area (Å²) in [5.74, 6) is -1.67. The first-order valence-electron chi connectivity index (χ1n) is 10.9. The van der Waals surface area contributed by atoms with Gasteiger partial charge >= 0.3 is 5.97 Å². The number of hydrogen-bond donors (Lipinski definition) is 1. The summed E-state index contributed by atoms with van der Waals surface area (Å²) in [4.78, 5) is 37.9. The van der Waals surface area contributed by atoms with Crippen LogP contribution in [0.2, 0.25) is 0 Å². The summed E-state index contributed by atoms with van der Waals surface area (Å²) in [6.45, 7) is -0.370. The molecular weight excluding hydrogens is 426 g/mol. The van der Waals surface area contributed by atoms with Gasteiger partial charge in [-0.3, -0.25) is 14.4 Å². The van der Waals surface area contributed by atoms with E-state index in [1.165, 1.54) is 0 Å². The van der Waals surface area contributed by atoms with Crippen molar-refractivity contribution < 1.29 is 19.1 Å². The van der Waals surface area contributed by atoms with Gasteiger partial charge in [-0.2, -0.15) is 0 Å². The first-order chi connectivity index (χ1) is 16.6. The van der Waals surface area contributed by atoms with Crippen molar-refractivity contribution in [3.05, 3.63) is 138 Å². The Kier molecular flexibility index (Phi) is 7.25. The predicted octanol–water partition coefficient (Wildman–Crippen LogP) is 5.50. The first kappa shape index (κ1) is 22.7. The molecule has 0 aliphatic heterocycles. The summed E-state index contributed by atoms with van der Waals surface area (Å²) in [5.41, 5.74) is 3.09. The van der Waals surface area contributed by atoms with Gasteiger partial charge in [0.2, 0.25) is 0 Å². The summed E-state index contributed by atoms with van der Waals surface area (Å²) < 4.78 is 5.42. The maximum absolute atomic E-state index is 13.0. The molecule has 4 aromatic rings. The molecule has 168 valence electrons. The van der Waals surface area contributed by atoms with Gasteiger partial charge in [-0.25, -0.2) is 0 Å². The minimum Gasteiger partial charge on any atom is -0.457 e. The number of carbonyl (C=O) groups excluding carboxylic acids is 3. The second-order valence-corrected chi connectivity index (χ2v) is 7.68. The summed E-state index contributed by atoms with van der Waals surface area (Å²) in [5, 5.41) is 2.79. The molecule has 0 aliphatic carbocycles. The van der Waals surface area contributed by atoms with Crippen LogP contribution in [0.3, 0.4) is 0 Å². The van der Waals surface area contributed by atoms with E-state index in [1.54, 1.807) is 48.5 Å². The Morgan fingerprint density at radius 1 is 0.618 bits per heavy atom. The van der Waals surface area contributed by atoms with Gasteiger partial charge in [0.05, 0.1) is 0 Å². The third-order valence-electron chi connectivity index (χ3n) is 5.35. The molecule has 1 amide bonds. The van der Waals surface area contributed by atoms with E-state index in [9.17, 15) is 14.4 Å². The molecule has 0 aliphatic rings. The standard InChI is InChI=1S/C29H23NO4/c31-26(21-16-18-25(19-17-21)30-28(32)24-14-8-3-9-15-24)20-34-29(33)27(22-10-4-1-5-11-22)23-12-6-2-7-13-23/h1-19,27H,20H2,(H,30,32). The number of amides is 1. The van der Waals surface area contributed by atoms with Crippen LogP contribution in [0, 0.1) is 0 Å². The lowest BCUT2D eigenvalue weighted by molar-refractivity contribution is -0.143.